The lowest BCUT2D eigenvalue weighted by atomic mass is 10.0. The van der Waals surface area contributed by atoms with Crippen molar-refractivity contribution in [2.24, 2.45) is 0 Å². The fourth-order valence-electron chi connectivity index (χ4n) is 1.90. The van der Waals surface area contributed by atoms with Gasteiger partial charge in [-0.25, -0.2) is 0 Å². The molecule has 1 aromatic heterocycles. The van der Waals surface area contributed by atoms with E-state index in [1.165, 1.54) is 16.9 Å². The van der Waals surface area contributed by atoms with E-state index in [4.69, 9.17) is 0 Å². The Bertz CT molecular complexity index is 578. The van der Waals surface area contributed by atoms with E-state index < -0.39 is 0 Å². The Morgan fingerprint density at radius 2 is 2.00 bits per heavy atom. The minimum atomic E-state index is -0.351. The van der Waals surface area contributed by atoms with Gasteiger partial charge in [0, 0.05) is 23.2 Å². The Kier molecular flexibility index (Phi) is 4.16. The second-order valence-corrected chi connectivity index (χ2v) is 5.74. The molecule has 0 atom stereocenters. The fourth-order valence-corrected chi connectivity index (χ4v) is 2.66. The van der Waals surface area contributed by atoms with Crippen molar-refractivity contribution in [1.29, 1.82) is 0 Å². The summed E-state index contributed by atoms with van der Waals surface area (Å²) in [5, 5.41) is 14.2. The number of thiophene rings is 1. The van der Waals surface area contributed by atoms with Crippen LogP contribution in [0, 0.1) is 10.1 Å². The lowest BCUT2D eigenvalue weighted by Crippen LogP contribution is -2.01. The summed E-state index contributed by atoms with van der Waals surface area (Å²) in [7, 11) is 0. The molecule has 0 bridgehead atoms. The Morgan fingerprint density at radius 1 is 1.26 bits per heavy atom. The van der Waals surface area contributed by atoms with Crippen LogP contribution in [0.5, 0.6) is 0 Å². The minimum absolute atomic E-state index is 0.189. The number of nitro groups is 1. The lowest BCUT2D eigenvalue weighted by molar-refractivity contribution is -0.380. The molecule has 2 aromatic rings. The number of nitrogens with one attached hydrogen (secondary N) is 1. The van der Waals surface area contributed by atoms with E-state index >= 15 is 0 Å². The van der Waals surface area contributed by atoms with Crippen molar-refractivity contribution in [2.45, 2.75) is 26.3 Å². The molecule has 1 aromatic carbocycles. The van der Waals surface area contributed by atoms with Crippen molar-refractivity contribution in [3.63, 3.8) is 0 Å². The van der Waals surface area contributed by atoms with Crippen LogP contribution in [0.4, 0.5) is 10.7 Å². The summed E-state index contributed by atoms with van der Waals surface area (Å²) in [5.74, 6) is 0.446. The van der Waals surface area contributed by atoms with Crippen LogP contribution in [0.15, 0.2) is 36.4 Å². The highest BCUT2D eigenvalue weighted by Crippen LogP contribution is 2.27. The largest absolute Gasteiger partial charge is 0.380 e. The summed E-state index contributed by atoms with van der Waals surface area (Å²) in [6.07, 6.45) is 0. The summed E-state index contributed by atoms with van der Waals surface area (Å²) in [4.78, 5) is 11.2. The van der Waals surface area contributed by atoms with Crippen LogP contribution >= 0.6 is 11.3 Å². The van der Waals surface area contributed by atoms with Gasteiger partial charge in [-0.05, 0) is 23.6 Å². The van der Waals surface area contributed by atoms with Gasteiger partial charge in [-0.1, -0.05) is 43.4 Å². The highest BCUT2D eigenvalue weighted by Gasteiger charge is 2.10. The van der Waals surface area contributed by atoms with Gasteiger partial charge in [-0.3, -0.25) is 10.1 Å². The maximum absolute atomic E-state index is 10.6. The van der Waals surface area contributed by atoms with Crippen molar-refractivity contribution in [3.8, 4) is 0 Å². The van der Waals surface area contributed by atoms with E-state index in [0.717, 1.165) is 10.6 Å². The zero-order valence-electron chi connectivity index (χ0n) is 10.9. The number of para-hydroxylation sites is 1. The number of nitrogens with zero attached hydrogens (tertiary/aromatic N) is 1. The molecule has 0 aliphatic rings. The average molecular weight is 276 g/mol. The second kappa shape index (κ2) is 5.84. The molecule has 4 nitrogen and oxygen atoms in total. The number of hydrogen-bond acceptors (Lipinski definition) is 4. The first kappa shape index (κ1) is 13.5. The van der Waals surface area contributed by atoms with Crippen LogP contribution in [0.3, 0.4) is 0 Å². The van der Waals surface area contributed by atoms with Crippen LogP contribution in [-0.4, -0.2) is 4.92 Å². The molecule has 0 aliphatic carbocycles. The Labute approximate surface area is 116 Å². The molecule has 1 N–H and O–H groups in total. The molecule has 0 aliphatic heterocycles. The molecule has 19 heavy (non-hydrogen) atoms. The molecule has 0 amide bonds. The van der Waals surface area contributed by atoms with Crippen molar-refractivity contribution < 1.29 is 4.92 Å². The predicted octanol–water partition coefficient (Wildman–Crippen LogP) is 4.39. The molecule has 2 rings (SSSR count). The summed E-state index contributed by atoms with van der Waals surface area (Å²) in [5.41, 5.74) is 2.35. The Balaban J connectivity index is 2.08. The molecule has 0 unspecified atom stereocenters. The molecule has 0 fully saturated rings. The minimum Gasteiger partial charge on any atom is -0.380 e. The van der Waals surface area contributed by atoms with E-state index in [0.29, 0.717) is 12.5 Å². The van der Waals surface area contributed by atoms with E-state index in [9.17, 15) is 10.1 Å². The van der Waals surface area contributed by atoms with E-state index in [-0.39, 0.29) is 9.92 Å². The van der Waals surface area contributed by atoms with Crippen molar-refractivity contribution >= 4 is 22.0 Å². The second-order valence-electron chi connectivity index (χ2n) is 4.59. The highest BCUT2D eigenvalue weighted by molar-refractivity contribution is 7.15. The van der Waals surface area contributed by atoms with Gasteiger partial charge in [-0.15, -0.1) is 0 Å². The molecule has 0 saturated heterocycles. The third-order valence-corrected chi connectivity index (χ3v) is 3.90. The molecule has 0 radical (unpaired) electrons. The first-order valence-electron chi connectivity index (χ1n) is 6.14. The first-order chi connectivity index (χ1) is 9.08. The Hall–Kier alpha value is -1.88. The number of anilines is 1. The van der Waals surface area contributed by atoms with E-state index in [2.05, 4.69) is 25.2 Å². The SMILES string of the molecule is CC(C)c1ccccc1NCc1ccc([N+](=O)[O-])s1. The molecule has 1 heterocycles. The van der Waals surface area contributed by atoms with Crippen LogP contribution in [0.1, 0.15) is 30.2 Å². The van der Waals surface area contributed by atoms with Gasteiger partial charge in [0.1, 0.15) is 0 Å². The predicted molar refractivity (Wildman–Crippen MR) is 78.8 cm³/mol. The molecule has 0 saturated carbocycles. The van der Waals surface area contributed by atoms with Gasteiger partial charge >= 0.3 is 5.00 Å². The first-order valence-corrected chi connectivity index (χ1v) is 6.95. The highest BCUT2D eigenvalue weighted by atomic mass is 32.1. The monoisotopic (exact) mass is 276 g/mol. The molecular formula is C14H16N2O2S. The summed E-state index contributed by atoms with van der Waals surface area (Å²) < 4.78 is 0. The van der Waals surface area contributed by atoms with Gasteiger partial charge in [-0.2, -0.15) is 0 Å². The number of hydrogen-bond donors (Lipinski definition) is 1. The molecule has 0 spiro atoms. The third-order valence-electron chi connectivity index (χ3n) is 2.86. The van der Waals surface area contributed by atoms with E-state index in [1.54, 1.807) is 12.1 Å². The van der Waals surface area contributed by atoms with Gasteiger partial charge in [0.05, 0.1) is 4.92 Å². The number of benzene rings is 1. The molecule has 100 valence electrons. The van der Waals surface area contributed by atoms with Crippen LogP contribution in [0.25, 0.3) is 0 Å². The van der Waals surface area contributed by atoms with Gasteiger partial charge in [0.15, 0.2) is 0 Å². The zero-order valence-corrected chi connectivity index (χ0v) is 11.7. The quantitative estimate of drug-likeness (QED) is 0.650. The normalized spacial score (nSPS) is 10.7. The van der Waals surface area contributed by atoms with Crippen LogP contribution < -0.4 is 5.32 Å². The Morgan fingerprint density at radius 3 is 2.63 bits per heavy atom. The lowest BCUT2D eigenvalue weighted by Gasteiger charge is -2.13. The van der Waals surface area contributed by atoms with E-state index in [1.807, 2.05) is 18.2 Å². The standard InChI is InChI=1S/C14H16N2O2S/c1-10(2)12-5-3-4-6-13(12)15-9-11-7-8-14(19-11)16(17)18/h3-8,10,15H,9H2,1-2H3. The number of rotatable bonds is 5. The van der Waals surface area contributed by atoms with Gasteiger partial charge in [0.2, 0.25) is 0 Å². The van der Waals surface area contributed by atoms with Gasteiger partial charge in [0.25, 0.3) is 0 Å². The van der Waals surface area contributed by atoms with Crippen LogP contribution in [0.2, 0.25) is 0 Å². The topological polar surface area (TPSA) is 55.2 Å². The summed E-state index contributed by atoms with van der Waals surface area (Å²) >= 11 is 1.21. The van der Waals surface area contributed by atoms with Crippen molar-refractivity contribution in [3.05, 3.63) is 57.0 Å². The smallest absolute Gasteiger partial charge is 0.324 e. The maximum Gasteiger partial charge on any atom is 0.324 e. The average Bonchev–Trinajstić information content (AvgIpc) is 2.85. The van der Waals surface area contributed by atoms with Gasteiger partial charge < -0.3 is 5.32 Å². The van der Waals surface area contributed by atoms with Crippen molar-refractivity contribution in [1.82, 2.24) is 0 Å². The third kappa shape index (κ3) is 3.32. The van der Waals surface area contributed by atoms with Crippen molar-refractivity contribution in [2.75, 3.05) is 5.32 Å². The molecule has 5 heteroatoms. The van der Waals surface area contributed by atoms with Crippen LogP contribution in [-0.2, 0) is 6.54 Å². The molecular weight excluding hydrogens is 260 g/mol. The maximum atomic E-state index is 10.6. The fraction of sp³-hybridized carbons (Fsp3) is 0.286. The summed E-state index contributed by atoms with van der Waals surface area (Å²) in [6.45, 7) is 4.91. The summed E-state index contributed by atoms with van der Waals surface area (Å²) in [6, 6.07) is 11.5. The zero-order chi connectivity index (χ0) is 13.8.